The predicted octanol–water partition coefficient (Wildman–Crippen LogP) is 3.84. The lowest BCUT2D eigenvalue weighted by Gasteiger charge is -2.13. The maximum Gasteiger partial charge on any atom is 0.573 e. The van der Waals surface area contributed by atoms with Crippen molar-refractivity contribution < 1.29 is 26.8 Å². The van der Waals surface area contributed by atoms with Crippen molar-refractivity contribution in [3.8, 4) is 17.3 Å². The molecule has 1 aromatic carbocycles. The Hall–Kier alpha value is -2.97. The summed E-state index contributed by atoms with van der Waals surface area (Å²) in [6.45, 7) is 0.0337. The number of aromatic nitrogens is 2. The number of halogens is 3. The Labute approximate surface area is 127 Å². The van der Waals surface area contributed by atoms with E-state index in [1.807, 2.05) is 0 Å². The number of rotatable bonds is 5. The van der Waals surface area contributed by atoms with Gasteiger partial charge in [-0.3, -0.25) is 0 Å². The van der Waals surface area contributed by atoms with E-state index in [0.717, 1.165) is 0 Å². The summed E-state index contributed by atoms with van der Waals surface area (Å²) in [4.78, 5) is 4.07. The first-order chi connectivity index (χ1) is 11.0. The second-order valence-electron chi connectivity index (χ2n) is 4.39. The highest BCUT2D eigenvalue weighted by atomic mass is 19.4. The molecule has 0 fully saturated rings. The Kier molecular flexibility index (Phi) is 3.92. The second-order valence-corrected chi connectivity index (χ2v) is 4.39. The van der Waals surface area contributed by atoms with Crippen molar-refractivity contribution in [2.75, 3.05) is 5.32 Å². The van der Waals surface area contributed by atoms with Crippen molar-refractivity contribution in [3.63, 3.8) is 0 Å². The maximum absolute atomic E-state index is 12.3. The third-order valence-electron chi connectivity index (χ3n) is 2.75. The van der Waals surface area contributed by atoms with Gasteiger partial charge in [-0.1, -0.05) is 17.3 Å². The van der Waals surface area contributed by atoms with Crippen LogP contribution in [0.3, 0.4) is 0 Å². The topological polar surface area (TPSA) is 73.3 Å². The summed E-state index contributed by atoms with van der Waals surface area (Å²) in [5, 5.41) is 6.48. The van der Waals surface area contributed by atoms with Crippen molar-refractivity contribution in [1.82, 2.24) is 10.1 Å². The quantitative estimate of drug-likeness (QED) is 0.768. The molecular formula is C14H10F3N3O3. The van der Waals surface area contributed by atoms with Gasteiger partial charge in [-0.25, -0.2) is 0 Å². The molecule has 0 atom stereocenters. The van der Waals surface area contributed by atoms with E-state index >= 15 is 0 Å². The van der Waals surface area contributed by atoms with Crippen LogP contribution < -0.4 is 10.1 Å². The summed E-state index contributed by atoms with van der Waals surface area (Å²) in [6, 6.07) is 9.01. The Morgan fingerprint density at radius 3 is 2.70 bits per heavy atom. The van der Waals surface area contributed by atoms with Gasteiger partial charge in [0.1, 0.15) is 0 Å². The van der Waals surface area contributed by atoms with Crippen molar-refractivity contribution in [3.05, 3.63) is 48.6 Å². The zero-order chi connectivity index (χ0) is 16.3. The van der Waals surface area contributed by atoms with Gasteiger partial charge >= 0.3 is 6.36 Å². The lowest BCUT2D eigenvalue weighted by atomic mass is 10.3. The molecule has 2 aromatic heterocycles. The minimum Gasteiger partial charge on any atom is -0.461 e. The van der Waals surface area contributed by atoms with Crippen LogP contribution in [0.25, 0.3) is 11.6 Å². The molecule has 0 amide bonds. The largest absolute Gasteiger partial charge is 0.573 e. The van der Waals surface area contributed by atoms with E-state index in [2.05, 4.69) is 20.2 Å². The first-order valence-electron chi connectivity index (χ1n) is 6.46. The number of ether oxygens (including phenoxy) is 1. The molecule has 9 heteroatoms. The fourth-order valence-electron chi connectivity index (χ4n) is 1.83. The lowest BCUT2D eigenvalue weighted by molar-refractivity contribution is -0.274. The van der Waals surface area contributed by atoms with Crippen LogP contribution in [0.1, 0.15) is 5.89 Å². The van der Waals surface area contributed by atoms with E-state index < -0.39 is 6.36 Å². The van der Waals surface area contributed by atoms with Gasteiger partial charge in [-0.05, 0) is 24.3 Å². The normalized spacial score (nSPS) is 11.4. The number of para-hydroxylation sites is 2. The van der Waals surface area contributed by atoms with Gasteiger partial charge in [0, 0.05) is 0 Å². The van der Waals surface area contributed by atoms with E-state index in [-0.39, 0.29) is 29.7 Å². The second kappa shape index (κ2) is 6.03. The Bertz CT molecular complexity index is 769. The predicted molar refractivity (Wildman–Crippen MR) is 72.5 cm³/mol. The summed E-state index contributed by atoms with van der Waals surface area (Å²) in [7, 11) is 0. The van der Waals surface area contributed by atoms with E-state index in [1.54, 1.807) is 18.2 Å². The number of anilines is 1. The number of nitrogens with zero attached hydrogens (tertiary/aromatic N) is 2. The molecule has 0 saturated carbocycles. The average Bonchev–Trinajstić information content (AvgIpc) is 3.16. The average molecular weight is 325 g/mol. The van der Waals surface area contributed by atoms with Gasteiger partial charge < -0.3 is 19.0 Å². The molecule has 2 heterocycles. The summed E-state index contributed by atoms with van der Waals surface area (Å²) in [6.07, 6.45) is -3.30. The van der Waals surface area contributed by atoms with Gasteiger partial charge in [0.15, 0.2) is 11.5 Å². The molecule has 0 saturated heterocycles. The van der Waals surface area contributed by atoms with Crippen LogP contribution in [0.5, 0.6) is 5.75 Å². The Morgan fingerprint density at radius 2 is 1.96 bits per heavy atom. The standard InChI is InChI=1S/C14H10F3N3O3/c15-14(16,17)22-10-5-2-1-4-9(10)18-8-12-19-13(20-23-12)11-6-3-7-21-11/h1-7,18H,8H2. The van der Waals surface area contributed by atoms with Gasteiger partial charge in [-0.2, -0.15) is 4.98 Å². The number of alkyl halides is 3. The molecule has 120 valence electrons. The zero-order valence-corrected chi connectivity index (χ0v) is 11.5. The summed E-state index contributed by atoms with van der Waals surface area (Å²) < 4.78 is 51.1. The number of nitrogens with one attached hydrogen (secondary N) is 1. The van der Waals surface area contributed by atoms with Crippen LogP contribution in [0.15, 0.2) is 51.6 Å². The minimum absolute atomic E-state index is 0.0337. The van der Waals surface area contributed by atoms with E-state index in [0.29, 0.717) is 5.76 Å². The molecule has 0 bridgehead atoms. The summed E-state index contributed by atoms with van der Waals surface area (Å²) in [5.41, 5.74) is 0.155. The molecule has 0 aliphatic rings. The van der Waals surface area contributed by atoms with Gasteiger partial charge in [0.05, 0.1) is 18.5 Å². The van der Waals surface area contributed by atoms with E-state index in [9.17, 15) is 13.2 Å². The monoisotopic (exact) mass is 325 g/mol. The van der Waals surface area contributed by atoms with Crippen molar-refractivity contribution in [2.45, 2.75) is 12.9 Å². The highest BCUT2D eigenvalue weighted by molar-refractivity contribution is 5.56. The molecule has 0 aliphatic carbocycles. The smallest absolute Gasteiger partial charge is 0.461 e. The molecule has 3 rings (SSSR count). The SMILES string of the molecule is FC(F)(F)Oc1ccccc1NCc1nc(-c2ccco2)no1. The lowest BCUT2D eigenvalue weighted by Crippen LogP contribution is -2.18. The van der Waals surface area contributed by atoms with E-state index in [1.165, 1.54) is 24.5 Å². The van der Waals surface area contributed by atoms with E-state index in [4.69, 9.17) is 8.94 Å². The Balaban J connectivity index is 1.69. The fraction of sp³-hybridized carbons (Fsp3) is 0.143. The summed E-state index contributed by atoms with van der Waals surface area (Å²) >= 11 is 0. The molecule has 23 heavy (non-hydrogen) atoms. The molecule has 3 aromatic rings. The van der Waals surface area contributed by atoms with Crippen LogP contribution in [0, 0.1) is 0 Å². The third kappa shape index (κ3) is 3.82. The van der Waals surface area contributed by atoms with Crippen LogP contribution >= 0.6 is 0 Å². The number of hydrogen-bond donors (Lipinski definition) is 1. The maximum atomic E-state index is 12.3. The Morgan fingerprint density at radius 1 is 1.13 bits per heavy atom. The number of furan rings is 1. The van der Waals surface area contributed by atoms with Gasteiger partial charge in [-0.15, -0.1) is 13.2 Å². The number of benzene rings is 1. The van der Waals surface area contributed by atoms with Gasteiger partial charge in [0.25, 0.3) is 0 Å². The minimum atomic E-state index is -4.77. The van der Waals surface area contributed by atoms with Crippen molar-refractivity contribution in [2.24, 2.45) is 0 Å². The molecule has 0 spiro atoms. The highest BCUT2D eigenvalue weighted by Crippen LogP contribution is 2.30. The molecule has 0 aliphatic heterocycles. The van der Waals surface area contributed by atoms with Crippen LogP contribution in [-0.4, -0.2) is 16.5 Å². The van der Waals surface area contributed by atoms with Crippen LogP contribution in [0.4, 0.5) is 18.9 Å². The zero-order valence-electron chi connectivity index (χ0n) is 11.5. The van der Waals surface area contributed by atoms with Crippen molar-refractivity contribution in [1.29, 1.82) is 0 Å². The summed E-state index contributed by atoms with van der Waals surface area (Å²) in [5.74, 6) is 0.538. The number of hydrogen-bond acceptors (Lipinski definition) is 6. The third-order valence-corrected chi connectivity index (χ3v) is 2.75. The first kappa shape index (κ1) is 14.9. The first-order valence-corrected chi connectivity index (χ1v) is 6.46. The van der Waals surface area contributed by atoms with Crippen LogP contribution in [0.2, 0.25) is 0 Å². The molecule has 6 nitrogen and oxygen atoms in total. The van der Waals surface area contributed by atoms with Crippen molar-refractivity contribution >= 4 is 5.69 Å². The highest BCUT2D eigenvalue weighted by Gasteiger charge is 2.32. The van der Waals surface area contributed by atoms with Gasteiger partial charge in [0.2, 0.25) is 11.7 Å². The van der Waals surface area contributed by atoms with Crippen LogP contribution in [-0.2, 0) is 6.54 Å². The molecule has 1 N–H and O–H groups in total. The molecular weight excluding hydrogens is 315 g/mol. The fourth-order valence-corrected chi connectivity index (χ4v) is 1.83. The molecule has 0 unspecified atom stereocenters. The molecule has 0 radical (unpaired) electrons.